The average molecular weight is 310 g/mol. The molecule has 0 unspecified atom stereocenters. The van der Waals surface area contributed by atoms with Crippen molar-refractivity contribution in [2.45, 2.75) is 19.4 Å². The summed E-state index contributed by atoms with van der Waals surface area (Å²) < 4.78 is 0. The molecule has 1 aromatic heterocycles. The van der Waals surface area contributed by atoms with E-state index >= 15 is 0 Å². The fourth-order valence-electron chi connectivity index (χ4n) is 2.87. The number of hydrogen-bond acceptors (Lipinski definition) is 4. The van der Waals surface area contributed by atoms with Crippen molar-refractivity contribution in [2.24, 2.45) is 0 Å². The summed E-state index contributed by atoms with van der Waals surface area (Å²) in [5.74, 6) is 0.230. The van der Waals surface area contributed by atoms with Crippen molar-refractivity contribution < 1.29 is 4.79 Å². The first kappa shape index (κ1) is 15.6. The minimum absolute atomic E-state index is 0.230. The van der Waals surface area contributed by atoms with Crippen molar-refractivity contribution in [3.8, 4) is 0 Å². The molecule has 1 saturated heterocycles. The van der Waals surface area contributed by atoms with E-state index in [1.807, 2.05) is 11.0 Å². The SMILES string of the molecule is O=C(CCc1cncnc1)N1CCN(Cc2ccccc2)CC1. The summed E-state index contributed by atoms with van der Waals surface area (Å²) in [6, 6.07) is 10.5. The van der Waals surface area contributed by atoms with Gasteiger partial charge in [-0.05, 0) is 17.5 Å². The van der Waals surface area contributed by atoms with Gasteiger partial charge in [-0.1, -0.05) is 30.3 Å². The van der Waals surface area contributed by atoms with E-state index in [4.69, 9.17) is 0 Å². The fourth-order valence-corrected chi connectivity index (χ4v) is 2.87. The van der Waals surface area contributed by atoms with Gasteiger partial charge in [-0.3, -0.25) is 9.69 Å². The third-order valence-electron chi connectivity index (χ3n) is 4.22. The predicted molar refractivity (Wildman–Crippen MR) is 88.7 cm³/mol. The molecule has 0 bridgehead atoms. The molecule has 1 aliphatic rings. The molecule has 0 saturated carbocycles. The van der Waals surface area contributed by atoms with Crippen LogP contribution >= 0.6 is 0 Å². The molecule has 1 aromatic carbocycles. The molecule has 3 rings (SSSR count). The van der Waals surface area contributed by atoms with E-state index in [0.717, 1.165) is 38.3 Å². The van der Waals surface area contributed by atoms with Gasteiger partial charge in [0.15, 0.2) is 0 Å². The van der Waals surface area contributed by atoms with Crippen LogP contribution in [-0.2, 0) is 17.8 Å². The van der Waals surface area contributed by atoms with Gasteiger partial charge in [-0.2, -0.15) is 0 Å². The van der Waals surface area contributed by atoms with Crippen LogP contribution in [0.2, 0.25) is 0 Å². The van der Waals surface area contributed by atoms with Crippen molar-refractivity contribution in [3.05, 3.63) is 60.2 Å². The van der Waals surface area contributed by atoms with Crippen LogP contribution in [0.3, 0.4) is 0 Å². The number of nitrogens with zero attached hydrogens (tertiary/aromatic N) is 4. The zero-order valence-electron chi connectivity index (χ0n) is 13.3. The molecular weight excluding hydrogens is 288 g/mol. The van der Waals surface area contributed by atoms with E-state index in [1.165, 1.54) is 11.9 Å². The molecule has 0 spiro atoms. The first-order valence-electron chi connectivity index (χ1n) is 8.09. The van der Waals surface area contributed by atoms with Gasteiger partial charge in [0.1, 0.15) is 6.33 Å². The number of carbonyl (C=O) groups is 1. The Bertz CT molecular complexity index is 609. The van der Waals surface area contributed by atoms with Crippen LogP contribution in [0, 0.1) is 0 Å². The molecule has 5 nitrogen and oxygen atoms in total. The third kappa shape index (κ3) is 4.60. The molecular formula is C18H22N4O. The van der Waals surface area contributed by atoms with E-state index in [2.05, 4.69) is 39.1 Å². The van der Waals surface area contributed by atoms with E-state index in [0.29, 0.717) is 12.8 Å². The Morgan fingerprint density at radius 1 is 0.957 bits per heavy atom. The Balaban J connectivity index is 1.42. The molecule has 0 N–H and O–H groups in total. The van der Waals surface area contributed by atoms with Crippen molar-refractivity contribution in [1.82, 2.24) is 19.8 Å². The van der Waals surface area contributed by atoms with Crippen LogP contribution in [0.25, 0.3) is 0 Å². The molecule has 1 fully saturated rings. The molecule has 0 aliphatic carbocycles. The zero-order chi connectivity index (χ0) is 15.9. The quantitative estimate of drug-likeness (QED) is 0.844. The second-order valence-electron chi connectivity index (χ2n) is 5.89. The summed E-state index contributed by atoms with van der Waals surface area (Å²) in [7, 11) is 0. The Morgan fingerprint density at radius 3 is 2.35 bits per heavy atom. The topological polar surface area (TPSA) is 49.3 Å². The van der Waals surface area contributed by atoms with E-state index in [-0.39, 0.29) is 5.91 Å². The molecule has 120 valence electrons. The minimum Gasteiger partial charge on any atom is -0.340 e. The van der Waals surface area contributed by atoms with Gasteiger partial charge < -0.3 is 4.90 Å². The highest BCUT2D eigenvalue weighted by Gasteiger charge is 2.20. The van der Waals surface area contributed by atoms with Crippen molar-refractivity contribution in [2.75, 3.05) is 26.2 Å². The lowest BCUT2D eigenvalue weighted by molar-refractivity contribution is -0.133. The summed E-state index contributed by atoms with van der Waals surface area (Å²) >= 11 is 0. The van der Waals surface area contributed by atoms with Crippen molar-refractivity contribution in [1.29, 1.82) is 0 Å². The highest BCUT2D eigenvalue weighted by Crippen LogP contribution is 2.10. The zero-order valence-corrected chi connectivity index (χ0v) is 13.3. The Morgan fingerprint density at radius 2 is 1.65 bits per heavy atom. The van der Waals surface area contributed by atoms with Crippen LogP contribution in [-0.4, -0.2) is 51.9 Å². The number of aryl methyl sites for hydroxylation is 1. The monoisotopic (exact) mass is 310 g/mol. The summed E-state index contributed by atoms with van der Waals surface area (Å²) in [5, 5.41) is 0. The largest absolute Gasteiger partial charge is 0.340 e. The highest BCUT2D eigenvalue weighted by molar-refractivity contribution is 5.76. The molecule has 5 heteroatoms. The number of piperazine rings is 1. The molecule has 0 radical (unpaired) electrons. The highest BCUT2D eigenvalue weighted by atomic mass is 16.2. The number of benzene rings is 1. The van der Waals surface area contributed by atoms with Gasteiger partial charge in [0, 0.05) is 51.5 Å². The standard InChI is InChI=1S/C18H22N4O/c23-18(7-6-17-12-19-15-20-13-17)22-10-8-21(9-11-22)14-16-4-2-1-3-5-16/h1-5,12-13,15H,6-11,14H2. The first-order valence-corrected chi connectivity index (χ1v) is 8.09. The fraction of sp³-hybridized carbons (Fsp3) is 0.389. The normalized spacial score (nSPS) is 15.6. The molecule has 1 aliphatic heterocycles. The van der Waals surface area contributed by atoms with Gasteiger partial charge >= 0.3 is 0 Å². The smallest absolute Gasteiger partial charge is 0.222 e. The van der Waals surface area contributed by atoms with Gasteiger partial charge in [-0.25, -0.2) is 9.97 Å². The van der Waals surface area contributed by atoms with Crippen molar-refractivity contribution in [3.63, 3.8) is 0 Å². The Labute approximate surface area is 137 Å². The Kier molecular flexibility index (Phi) is 5.32. The second kappa shape index (κ2) is 7.83. The van der Waals surface area contributed by atoms with Crippen LogP contribution in [0.15, 0.2) is 49.1 Å². The van der Waals surface area contributed by atoms with E-state index < -0.39 is 0 Å². The van der Waals surface area contributed by atoms with Gasteiger partial charge in [-0.15, -0.1) is 0 Å². The summed E-state index contributed by atoms with van der Waals surface area (Å²) in [4.78, 5) is 24.7. The molecule has 23 heavy (non-hydrogen) atoms. The molecule has 1 amide bonds. The maximum Gasteiger partial charge on any atom is 0.222 e. The summed E-state index contributed by atoms with van der Waals surface area (Å²) in [6.45, 7) is 4.47. The van der Waals surface area contributed by atoms with Crippen molar-refractivity contribution >= 4 is 5.91 Å². The summed E-state index contributed by atoms with van der Waals surface area (Å²) in [5.41, 5.74) is 2.35. The molecule has 0 atom stereocenters. The third-order valence-corrected chi connectivity index (χ3v) is 4.22. The molecule has 2 aromatic rings. The second-order valence-corrected chi connectivity index (χ2v) is 5.89. The van der Waals surface area contributed by atoms with Gasteiger partial charge in [0.05, 0.1) is 0 Å². The molecule has 2 heterocycles. The number of aromatic nitrogens is 2. The predicted octanol–water partition coefficient (Wildman–Crippen LogP) is 1.75. The summed E-state index contributed by atoms with van der Waals surface area (Å²) in [6.07, 6.45) is 6.31. The van der Waals surface area contributed by atoms with E-state index in [9.17, 15) is 4.79 Å². The number of carbonyl (C=O) groups excluding carboxylic acids is 1. The van der Waals surface area contributed by atoms with Crippen LogP contribution in [0.5, 0.6) is 0 Å². The van der Waals surface area contributed by atoms with E-state index in [1.54, 1.807) is 12.4 Å². The first-order chi connectivity index (χ1) is 11.3. The van der Waals surface area contributed by atoms with Crippen LogP contribution in [0.4, 0.5) is 0 Å². The lowest BCUT2D eigenvalue weighted by atomic mass is 10.1. The number of rotatable bonds is 5. The lowest BCUT2D eigenvalue weighted by Gasteiger charge is -2.34. The van der Waals surface area contributed by atoms with Crippen LogP contribution in [0.1, 0.15) is 17.5 Å². The van der Waals surface area contributed by atoms with Gasteiger partial charge in [0.2, 0.25) is 5.91 Å². The average Bonchev–Trinajstić information content (AvgIpc) is 2.62. The number of amides is 1. The lowest BCUT2D eigenvalue weighted by Crippen LogP contribution is -2.48. The van der Waals surface area contributed by atoms with Gasteiger partial charge in [0.25, 0.3) is 0 Å². The maximum absolute atomic E-state index is 12.3. The van der Waals surface area contributed by atoms with Crippen LogP contribution < -0.4 is 0 Å². The Hall–Kier alpha value is -2.27. The number of hydrogen-bond donors (Lipinski definition) is 0. The maximum atomic E-state index is 12.3. The minimum atomic E-state index is 0.230.